The minimum atomic E-state index is 0.0317. The van der Waals surface area contributed by atoms with Crippen molar-refractivity contribution in [1.29, 1.82) is 0 Å². The highest BCUT2D eigenvalue weighted by atomic mass is 35.5. The van der Waals surface area contributed by atoms with Crippen LogP contribution in [0.2, 0.25) is 5.15 Å². The standard InChI is InChI=1S/C14H13ClN2OS/c1-9-6-11(7-13(15)16-9)14(18)17-4-2-12-10(8-17)3-5-19-12/h3,5-7H,2,4,8H2,1H3. The number of pyridine rings is 1. The van der Waals surface area contributed by atoms with Crippen LogP contribution in [-0.4, -0.2) is 22.3 Å². The van der Waals surface area contributed by atoms with Crippen LogP contribution in [0.1, 0.15) is 26.5 Å². The number of carbonyl (C=O) groups excluding carboxylic acids is 1. The lowest BCUT2D eigenvalue weighted by Gasteiger charge is -2.27. The molecule has 1 aliphatic rings. The molecule has 0 bridgehead atoms. The van der Waals surface area contributed by atoms with Crippen molar-refractivity contribution in [1.82, 2.24) is 9.88 Å². The van der Waals surface area contributed by atoms with Crippen molar-refractivity contribution in [2.75, 3.05) is 6.54 Å². The van der Waals surface area contributed by atoms with E-state index < -0.39 is 0 Å². The van der Waals surface area contributed by atoms with E-state index in [0.29, 0.717) is 17.3 Å². The van der Waals surface area contributed by atoms with E-state index in [0.717, 1.165) is 18.7 Å². The van der Waals surface area contributed by atoms with E-state index in [1.807, 2.05) is 11.8 Å². The highest BCUT2D eigenvalue weighted by Crippen LogP contribution is 2.25. The second kappa shape index (κ2) is 4.94. The number of halogens is 1. The van der Waals surface area contributed by atoms with E-state index in [-0.39, 0.29) is 5.91 Å². The van der Waals surface area contributed by atoms with E-state index in [1.165, 1.54) is 10.4 Å². The Morgan fingerprint density at radius 2 is 2.32 bits per heavy atom. The van der Waals surface area contributed by atoms with Gasteiger partial charge in [0.15, 0.2) is 0 Å². The molecule has 3 rings (SSSR count). The van der Waals surface area contributed by atoms with Gasteiger partial charge in [-0.1, -0.05) is 11.6 Å². The molecule has 1 amide bonds. The molecule has 0 saturated carbocycles. The first-order valence-corrected chi connectivity index (χ1v) is 7.38. The molecule has 0 spiro atoms. The highest BCUT2D eigenvalue weighted by molar-refractivity contribution is 7.10. The van der Waals surface area contributed by atoms with Crippen molar-refractivity contribution >= 4 is 28.8 Å². The monoisotopic (exact) mass is 292 g/mol. The summed E-state index contributed by atoms with van der Waals surface area (Å²) in [5, 5.41) is 2.46. The van der Waals surface area contributed by atoms with E-state index in [2.05, 4.69) is 16.4 Å². The van der Waals surface area contributed by atoms with E-state index in [4.69, 9.17) is 11.6 Å². The van der Waals surface area contributed by atoms with E-state index in [9.17, 15) is 4.79 Å². The first-order valence-electron chi connectivity index (χ1n) is 6.12. The first-order chi connectivity index (χ1) is 9.13. The van der Waals surface area contributed by atoms with Crippen LogP contribution in [0, 0.1) is 6.92 Å². The predicted octanol–water partition coefficient (Wildman–Crippen LogP) is 3.30. The summed E-state index contributed by atoms with van der Waals surface area (Å²) < 4.78 is 0. The Morgan fingerprint density at radius 3 is 3.11 bits per heavy atom. The maximum absolute atomic E-state index is 12.5. The number of aromatic nitrogens is 1. The summed E-state index contributed by atoms with van der Waals surface area (Å²) in [7, 11) is 0. The Kier molecular flexibility index (Phi) is 3.29. The minimum absolute atomic E-state index is 0.0317. The van der Waals surface area contributed by atoms with Gasteiger partial charge in [-0.25, -0.2) is 4.98 Å². The van der Waals surface area contributed by atoms with Crippen LogP contribution in [0.5, 0.6) is 0 Å². The van der Waals surface area contributed by atoms with Gasteiger partial charge in [0.25, 0.3) is 5.91 Å². The van der Waals surface area contributed by atoms with Gasteiger partial charge in [0.2, 0.25) is 0 Å². The molecule has 0 atom stereocenters. The fraction of sp³-hybridized carbons (Fsp3) is 0.286. The normalized spacial score (nSPS) is 14.3. The van der Waals surface area contributed by atoms with Crippen LogP contribution in [0.4, 0.5) is 0 Å². The van der Waals surface area contributed by atoms with E-state index in [1.54, 1.807) is 23.5 Å². The Hall–Kier alpha value is -1.39. The molecular formula is C14H13ClN2OS. The van der Waals surface area contributed by atoms with Crippen LogP contribution in [0.25, 0.3) is 0 Å². The molecule has 0 aromatic carbocycles. The summed E-state index contributed by atoms with van der Waals surface area (Å²) in [6.07, 6.45) is 0.941. The Balaban J connectivity index is 1.85. The van der Waals surface area contributed by atoms with Gasteiger partial charge in [0.1, 0.15) is 5.15 Å². The predicted molar refractivity (Wildman–Crippen MR) is 76.7 cm³/mol. The lowest BCUT2D eigenvalue weighted by molar-refractivity contribution is 0.0735. The molecule has 0 saturated heterocycles. The molecule has 0 aliphatic carbocycles. The molecule has 5 heteroatoms. The average molecular weight is 293 g/mol. The number of hydrogen-bond acceptors (Lipinski definition) is 3. The number of aryl methyl sites for hydroxylation is 1. The summed E-state index contributed by atoms with van der Waals surface area (Å²) in [6.45, 7) is 3.30. The van der Waals surface area contributed by atoms with E-state index >= 15 is 0 Å². The Morgan fingerprint density at radius 1 is 1.47 bits per heavy atom. The third kappa shape index (κ3) is 2.51. The number of amides is 1. The molecule has 3 heterocycles. The van der Waals surface area contributed by atoms with Gasteiger partial charge in [-0.05, 0) is 42.5 Å². The van der Waals surface area contributed by atoms with Crippen molar-refractivity contribution in [3.63, 3.8) is 0 Å². The lowest BCUT2D eigenvalue weighted by Crippen LogP contribution is -2.35. The molecule has 98 valence electrons. The topological polar surface area (TPSA) is 33.2 Å². The van der Waals surface area contributed by atoms with Gasteiger partial charge in [-0.2, -0.15) is 0 Å². The number of hydrogen-bond donors (Lipinski definition) is 0. The maximum Gasteiger partial charge on any atom is 0.254 e. The second-order valence-corrected chi connectivity index (χ2v) is 6.05. The number of nitrogens with zero attached hydrogens (tertiary/aromatic N) is 2. The lowest BCUT2D eigenvalue weighted by atomic mass is 10.1. The van der Waals surface area contributed by atoms with Crippen LogP contribution >= 0.6 is 22.9 Å². The molecule has 2 aromatic heterocycles. The third-order valence-corrected chi connectivity index (χ3v) is 4.48. The zero-order valence-corrected chi connectivity index (χ0v) is 12.1. The molecule has 0 N–H and O–H groups in total. The van der Waals surface area contributed by atoms with Gasteiger partial charge >= 0.3 is 0 Å². The summed E-state index contributed by atoms with van der Waals surface area (Å²) in [4.78, 5) is 19.8. The fourth-order valence-electron chi connectivity index (χ4n) is 2.36. The van der Waals surface area contributed by atoms with Crippen molar-refractivity contribution in [3.8, 4) is 0 Å². The van der Waals surface area contributed by atoms with Crippen molar-refractivity contribution < 1.29 is 4.79 Å². The average Bonchev–Trinajstić information content (AvgIpc) is 2.83. The highest BCUT2D eigenvalue weighted by Gasteiger charge is 2.22. The van der Waals surface area contributed by atoms with Gasteiger partial charge in [0.05, 0.1) is 0 Å². The smallest absolute Gasteiger partial charge is 0.254 e. The largest absolute Gasteiger partial charge is 0.334 e. The number of thiophene rings is 1. The molecule has 0 unspecified atom stereocenters. The molecule has 2 aromatic rings. The Bertz CT molecular complexity index is 618. The summed E-state index contributed by atoms with van der Waals surface area (Å²) in [6, 6.07) is 5.53. The van der Waals surface area contributed by atoms with Crippen LogP contribution < -0.4 is 0 Å². The van der Waals surface area contributed by atoms with Gasteiger partial charge in [-0.15, -0.1) is 11.3 Å². The van der Waals surface area contributed by atoms with Crippen LogP contribution in [-0.2, 0) is 13.0 Å². The molecule has 1 aliphatic heterocycles. The molecule has 19 heavy (non-hydrogen) atoms. The van der Waals surface area contributed by atoms with Gasteiger partial charge < -0.3 is 4.90 Å². The second-order valence-electron chi connectivity index (χ2n) is 4.67. The molecule has 0 radical (unpaired) electrons. The number of carbonyl (C=O) groups is 1. The minimum Gasteiger partial charge on any atom is -0.334 e. The zero-order valence-electron chi connectivity index (χ0n) is 10.5. The quantitative estimate of drug-likeness (QED) is 0.756. The van der Waals surface area contributed by atoms with Crippen LogP contribution in [0.15, 0.2) is 23.6 Å². The summed E-state index contributed by atoms with van der Waals surface area (Å²) >= 11 is 7.69. The van der Waals surface area contributed by atoms with Crippen molar-refractivity contribution in [2.24, 2.45) is 0 Å². The van der Waals surface area contributed by atoms with Crippen molar-refractivity contribution in [3.05, 3.63) is 50.4 Å². The summed E-state index contributed by atoms with van der Waals surface area (Å²) in [5.74, 6) is 0.0317. The molecule has 0 fully saturated rings. The fourth-order valence-corrected chi connectivity index (χ4v) is 3.50. The van der Waals surface area contributed by atoms with Crippen LogP contribution in [0.3, 0.4) is 0 Å². The van der Waals surface area contributed by atoms with Gasteiger partial charge in [0, 0.05) is 29.2 Å². The van der Waals surface area contributed by atoms with Crippen molar-refractivity contribution in [2.45, 2.75) is 19.9 Å². The first kappa shape index (κ1) is 12.6. The maximum atomic E-state index is 12.5. The number of rotatable bonds is 1. The molecule has 3 nitrogen and oxygen atoms in total. The third-order valence-electron chi connectivity index (χ3n) is 3.26. The summed E-state index contributed by atoms with van der Waals surface area (Å²) in [5.41, 5.74) is 2.65. The Labute approximate surface area is 120 Å². The van der Waals surface area contributed by atoms with Gasteiger partial charge in [-0.3, -0.25) is 4.79 Å². The zero-order chi connectivity index (χ0) is 13.4. The number of fused-ring (bicyclic) bond motifs is 1. The molecular weight excluding hydrogens is 280 g/mol. The SMILES string of the molecule is Cc1cc(C(=O)N2CCc3sccc3C2)cc(Cl)n1.